The van der Waals surface area contributed by atoms with Gasteiger partial charge in [0, 0.05) is 16.8 Å². The van der Waals surface area contributed by atoms with Crippen LogP contribution in [0.5, 0.6) is 0 Å². The Morgan fingerprint density at radius 3 is 1.07 bits per heavy atom. The van der Waals surface area contributed by atoms with Crippen molar-refractivity contribution in [3.63, 3.8) is 0 Å². The van der Waals surface area contributed by atoms with E-state index in [-0.39, 0.29) is 56.2 Å². The topological polar surface area (TPSA) is 25.8 Å². The van der Waals surface area contributed by atoms with E-state index in [9.17, 15) is 0 Å². The molecule has 0 unspecified atom stereocenters. The van der Waals surface area contributed by atoms with Crippen LogP contribution in [-0.4, -0.2) is 9.97 Å². The molecular weight excluding hydrogens is 667 g/mol. The SMILES string of the molecule is C.C.C.C.CC.CC.CC.CC.CC(C)(c1cccc(-c2[c-]cccc2)n1)c1cccc(-c2[c-]cccc2)n1.[Pt+2]. The Labute approximate surface area is 265 Å². The van der Waals surface area contributed by atoms with Crippen LogP contribution in [0.4, 0.5) is 0 Å². The van der Waals surface area contributed by atoms with E-state index in [0.717, 1.165) is 33.9 Å². The largest absolute Gasteiger partial charge is 2.00 e. The smallest absolute Gasteiger partial charge is 0.300 e. The van der Waals surface area contributed by atoms with Gasteiger partial charge in [0.2, 0.25) is 0 Å². The molecule has 4 aromatic rings. The molecule has 0 spiro atoms. The fraction of sp³-hybridized carbons (Fsp3) is 0.405. The minimum atomic E-state index is -0.324. The van der Waals surface area contributed by atoms with E-state index in [4.69, 9.17) is 9.97 Å². The molecule has 228 valence electrons. The molecule has 2 aromatic carbocycles. The van der Waals surface area contributed by atoms with Crippen molar-refractivity contribution in [1.29, 1.82) is 0 Å². The number of nitrogens with zero attached hydrogens (tertiary/aromatic N) is 2. The van der Waals surface area contributed by atoms with Crippen LogP contribution in [0.25, 0.3) is 22.5 Å². The Kier molecular flexibility index (Phi) is 37.0. The van der Waals surface area contributed by atoms with E-state index in [1.165, 1.54) is 0 Å². The van der Waals surface area contributed by atoms with Gasteiger partial charge in [0.1, 0.15) is 0 Å². The molecule has 0 bridgehead atoms. The van der Waals surface area contributed by atoms with E-state index >= 15 is 0 Å². The third-order valence-corrected chi connectivity index (χ3v) is 4.75. The summed E-state index contributed by atoms with van der Waals surface area (Å²) in [4.78, 5) is 9.83. The summed E-state index contributed by atoms with van der Waals surface area (Å²) in [5.74, 6) is 0. The van der Waals surface area contributed by atoms with E-state index < -0.39 is 0 Å². The number of benzene rings is 2. The molecule has 0 radical (unpaired) electrons. The van der Waals surface area contributed by atoms with Crippen LogP contribution >= 0.6 is 0 Å². The zero-order chi connectivity index (χ0) is 26.7. The maximum absolute atomic E-state index is 4.91. The summed E-state index contributed by atoms with van der Waals surface area (Å²) in [5.41, 5.74) is 5.49. The molecule has 0 saturated carbocycles. The summed E-state index contributed by atoms with van der Waals surface area (Å²) in [7, 11) is 0. The van der Waals surface area contributed by atoms with Crippen molar-refractivity contribution in [3.05, 3.63) is 108 Å². The maximum atomic E-state index is 4.91. The molecule has 0 fully saturated rings. The van der Waals surface area contributed by atoms with Crippen LogP contribution in [0, 0.1) is 12.1 Å². The van der Waals surface area contributed by atoms with Crippen LogP contribution in [0.2, 0.25) is 0 Å². The number of hydrogen-bond acceptors (Lipinski definition) is 2. The molecular formula is C37H60N2Pt. The zero-order valence-electron chi connectivity index (χ0n) is 23.8. The Bertz CT molecular complexity index is 961. The first kappa shape index (κ1) is 50.3. The molecule has 0 aliphatic heterocycles. The van der Waals surface area contributed by atoms with E-state index in [1.54, 1.807) is 0 Å². The summed E-state index contributed by atoms with van der Waals surface area (Å²) in [6, 6.07) is 34.6. The molecule has 2 aromatic heterocycles. The fourth-order valence-electron chi connectivity index (χ4n) is 3.10. The van der Waals surface area contributed by atoms with E-state index in [2.05, 4.69) is 50.2 Å². The minimum Gasteiger partial charge on any atom is -0.300 e. The van der Waals surface area contributed by atoms with Crippen molar-refractivity contribution < 1.29 is 21.1 Å². The van der Waals surface area contributed by atoms with Crippen molar-refractivity contribution in [2.45, 2.75) is 104 Å². The van der Waals surface area contributed by atoms with Gasteiger partial charge in [-0.3, -0.25) is 0 Å². The average Bonchev–Trinajstić information content (AvgIpc) is 2.98. The van der Waals surface area contributed by atoms with Gasteiger partial charge in [0.15, 0.2) is 0 Å². The first-order valence-corrected chi connectivity index (χ1v) is 13.0. The van der Waals surface area contributed by atoms with Crippen molar-refractivity contribution >= 4 is 0 Å². The third kappa shape index (κ3) is 14.7. The van der Waals surface area contributed by atoms with Crippen molar-refractivity contribution in [2.24, 2.45) is 0 Å². The molecule has 0 aliphatic carbocycles. The number of aromatic nitrogens is 2. The number of rotatable bonds is 4. The Morgan fingerprint density at radius 1 is 0.475 bits per heavy atom. The molecule has 0 N–H and O–H groups in total. The zero-order valence-corrected chi connectivity index (χ0v) is 26.1. The Balaban J connectivity index is -0.000000205. The molecule has 0 saturated heterocycles. The van der Waals surface area contributed by atoms with Gasteiger partial charge in [-0.25, -0.2) is 0 Å². The van der Waals surface area contributed by atoms with Gasteiger partial charge in [-0.1, -0.05) is 109 Å². The molecule has 0 atom stereocenters. The molecule has 40 heavy (non-hydrogen) atoms. The van der Waals surface area contributed by atoms with Gasteiger partial charge in [-0.05, 0) is 37.4 Å². The first-order chi connectivity index (χ1) is 17.1. The Hall–Kier alpha value is -2.57. The average molecular weight is 728 g/mol. The molecule has 4 rings (SSSR count). The fourth-order valence-corrected chi connectivity index (χ4v) is 3.10. The molecule has 2 heterocycles. The summed E-state index contributed by atoms with van der Waals surface area (Å²) in [6.07, 6.45) is 0. The standard InChI is InChI=1S/C25H20N2.4C2H6.4CH4.Pt/c1-25(2,23-17-9-15-21(26-23)19-11-5-3-6-12-19)24-18-10-16-22(27-24)20-13-7-4-8-14-20;4*1-2;;;;;/h3-11,13,15-18H,1-2H3;4*1-2H3;4*1H4;/q-2;;;;;;;;;+2. The van der Waals surface area contributed by atoms with Crippen molar-refractivity contribution in [1.82, 2.24) is 9.97 Å². The van der Waals surface area contributed by atoms with Crippen LogP contribution in [-0.2, 0) is 26.5 Å². The molecule has 0 amide bonds. The van der Waals surface area contributed by atoms with Gasteiger partial charge >= 0.3 is 21.1 Å². The summed E-state index contributed by atoms with van der Waals surface area (Å²) in [5, 5.41) is 0. The third-order valence-electron chi connectivity index (χ3n) is 4.75. The quantitative estimate of drug-likeness (QED) is 0.196. The molecule has 0 aliphatic rings. The van der Waals surface area contributed by atoms with Gasteiger partial charge in [0.05, 0.1) is 0 Å². The van der Waals surface area contributed by atoms with Gasteiger partial charge in [-0.2, -0.15) is 0 Å². The van der Waals surface area contributed by atoms with Crippen LogP contribution < -0.4 is 0 Å². The minimum absolute atomic E-state index is 0. The summed E-state index contributed by atoms with van der Waals surface area (Å²) in [6.45, 7) is 20.3. The van der Waals surface area contributed by atoms with Crippen LogP contribution in [0.15, 0.2) is 84.9 Å². The van der Waals surface area contributed by atoms with Crippen LogP contribution in [0.1, 0.15) is 110 Å². The number of pyridine rings is 2. The van der Waals surface area contributed by atoms with Gasteiger partial charge in [0.25, 0.3) is 0 Å². The van der Waals surface area contributed by atoms with E-state index in [1.807, 2.05) is 116 Å². The normalized spacial score (nSPS) is 8.25. The molecule has 2 nitrogen and oxygen atoms in total. The summed E-state index contributed by atoms with van der Waals surface area (Å²) >= 11 is 0. The predicted molar refractivity (Wildman–Crippen MR) is 181 cm³/mol. The van der Waals surface area contributed by atoms with Crippen molar-refractivity contribution in [3.8, 4) is 22.5 Å². The second-order valence-electron chi connectivity index (χ2n) is 6.99. The van der Waals surface area contributed by atoms with E-state index in [0.29, 0.717) is 0 Å². The molecule has 3 heteroatoms. The second kappa shape index (κ2) is 29.4. The first-order valence-electron chi connectivity index (χ1n) is 13.0. The predicted octanol–water partition coefficient (Wildman–Crippen LogP) is 12.4. The van der Waals surface area contributed by atoms with Crippen molar-refractivity contribution in [2.75, 3.05) is 0 Å². The maximum Gasteiger partial charge on any atom is 2.00 e. The monoisotopic (exact) mass is 727 g/mol. The second-order valence-corrected chi connectivity index (χ2v) is 6.99. The van der Waals surface area contributed by atoms with Gasteiger partial charge in [-0.15, -0.1) is 71.8 Å². The Morgan fingerprint density at radius 2 is 0.800 bits per heavy atom. The van der Waals surface area contributed by atoms with Crippen LogP contribution in [0.3, 0.4) is 0 Å². The number of hydrogen-bond donors (Lipinski definition) is 0. The van der Waals surface area contributed by atoms with Gasteiger partial charge < -0.3 is 9.97 Å². The summed E-state index contributed by atoms with van der Waals surface area (Å²) < 4.78 is 0.